The molecule has 0 saturated heterocycles. The van der Waals surface area contributed by atoms with Gasteiger partial charge in [0.1, 0.15) is 0 Å². The van der Waals surface area contributed by atoms with Crippen molar-refractivity contribution >= 4 is 17.6 Å². The Balaban J connectivity index is 2.92. The molecule has 0 atom stereocenters. The third-order valence-corrected chi connectivity index (χ3v) is 2.24. The van der Waals surface area contributed by atoms with Crippen LogP contribution in [0.15, 0.2) is 24.3 Å². The second-order valence-corrected chi connectivity index (χ2v) is 3.69. The van der Waals surface area contributed by atoms with Crippen molar-refractivity contribution in [3.05, 3.63) is 35.4 Å². The summed E-state index contributed by atoms with van der Waals surface area (Å²) in [7, 11) is 4.55. The van der Waals surface area contributed by atoms with Crippen LogP contribution in [0.1, 0.15) is 20.7 Å². The number of ketones is 1. The van der Waals surface area contributed by atoms with Gasteiger partial charge in [0.2, 0.25) is 5.78 Å². The van der Waals surface area contributed by atoms with E-state index in [1.165, 1.54) is 50.3 Å². The highest BCUT2D eigenvalue weighted by atomic mass is 16.2. The molecule has 5 heteroatoms. The van der Waals surface area contributed by atoms with Crippen LogP contribution in [0.4, 0.5) is 0 Å². The van der Waals surface area contributed by atoms with E-state index in [0.717, 1.165) is 0 Å². The van der Waals surface area contributed by atoms with E-state index in [9.17, 15) is 14.4 Å². The predicted octanol–water partition coefficient (Wildman–Crippen LogP) is 0.317. The number of benzene rings is 1. The van der Waals surface area contributed by atoms with Crippen LogP contribution in [0, 0.1) is 0 Å². The zero-order valence-electron chi connectivity index (χ0n) is 9.98. The van der Waals surface area contributed by atoms with E-state index in [0.29, 0.717) is 5.56 Å². The van der Waals surface area contributed by atoms with Gasteiger partial charge in [-0.15, -0.1) is 0 Å². The summed E-state index contributed by atoms with van der Waals surface area (Å²) in [5, 5.41) is 2.47. The van der Waals surface area contributed by atoms with Crippen LogP contribution in [0.25, 0.3) is 0 Å². The third-order valence-electron chi connectivity index (χ3n) is 2.24. The van der Waals surface area contributed by atoms with E-state index in [1.807, 2.05) is 0 Å². The average molecular weight is 234 g/mol. The Bertz CT molecular complexity index is 449. The first-order valence-corrected chi connectivity index (χ1v) is 5.05. The van der Waals surface area contributed by atoms with Gasteiger partial charge < -0.3 is 10.2 Å². The van der Waals surface area contributed by atoms with Crippen molar-refractivity contribution in [1.29, 1.82) is 0 Å². The minimum absolute atomic E-state index is 0.233. The smallest absolute Gasteiger partial charge is 0.294 e. The largest absolute Gasteiger partial charge is 0.355 e. The molecule has 0 aliphatic heterocycles. The zero-order valence-corrected chi connectivity index (χ0v) is 9.98. The molecule has 0 radical (unpaired) electrons. The first-order valence-electron chi connectivity index (χ1n) is 5.05. The average Bonchev–Trinajstić information content (AvgIpc) is 2.36. The summed E-state index contributed by atoms with van der Waals surface area (Å²) in [6.45, 7) is 0. The van der Waals surface area contributed by atoms with Gasteiger partial charge >= 0.3 is 0 Å². The van der Waals surface area contributed by atoms with Gasteiger partial charge in [0.05, 0.1) is 0 Å². The molecular formula is C12H14N2O3. The van der Waals surface area contributed by atoms with Gasteiger partial charge in [0, 0.05) is 32.3 Å². The molecule has 1 aromatic carbocycles. The molecule has 0 heterocycles. The highest BCUT2D eigenvalue weighted by Crippen LogP contribution is 2.06. The molecule has 0 unspecified atom stereocenters. The Hall–Kier alpha value is -2.17. The van der Waals surface area contributed by atoms with Crippen LogP contribution in [0.3, 0.4) is 0 Å². The number of amides is 2. The van der Waals surface area contributed by atoms with E-state index in [-0.39, 0.29) is 11.5 Å². The summed E-state index contributed by atoms with van der Waals surface area (Å²) in [5.41, 5.74) is 0.720. The second-order valence-electron chi connectivity index (χ2n) is 3.69. The molecule has 17 heavy (non-hydrogen) atoms. The molecule has 0 spiro atoms. The quantitative estimate of drug-likeness (QED) is 0.605. The van der Waals surface area contributed by atoms with E-state index in [2.05, 4.69) is 5.32 Å². The van der Waals surface area contributed by atoms with Crippen molar-refractivity contribution in [3.8, 4) is 0 Å². The Morgan fingerprint density at radius 2 is 1.47 bits per heavy atom. The Labute approximate surface area is 99.4 Å². The maximum atomic E-state index is 11.6. The van der Waals surface area contributed by atoms with Gasteiger partial charge in [0.25, 0.3) is 11.8 Å². The number of hydrogen-bond acceptors (Lipinski definition) is 3. The fourth-order valence-corrected chi connectivity index (χ4v) is 1.24. The number of nitrogens with zero attached hydrogens (tertiary/aromatic N) is 1. The molecule has 0 bridgehead atoms. The Morgan fingerprint density at radius 1 is 1.00 bits per heavy atom. The summed E-state index contributed by atoms with van der Waals surface area (Å²) >= 11 is 0. The molecule has 2 amide bonds. The normalized spacial score (nSPS) is 9.59. The number of likely N-dealkylation sites (N-methyl/N-ethyl adjacent to an activating group) is 1. The van der Waals surface area contributed by atoms with Crippen molar-refractivity contribution in [2.24, 2.45) is 0 Å². The maximum Gasteiger partial charge on any atom is 0.294 e. The molecule has 0 fully saturated rings. The summed E-state index contributed by atoms with van der Waals surface area (Å²) < 4.78 is 0. The highest BCUT2D eigenvalue weighted by molar-refractivity contribution is 6.42. The monoisotopic (exact) mass is 234 g/mol. The lowest BCUT2D eigenvalue weighted by atomic mass is 10.1. The fourth-order valence-electron chi connectivity index (χ4n) is 1.24. The van der Waals surface area contributed by atoms with Crippen molar-refractivity contribution in [2.45, 2.75) is 0 Å². The van der Waals surface area contributed by atoms with Gasteiger partial charge in [0.15, 0.2) is 0 Å². The molecule has 1 N–H and O–H groups in total. The molecular weight excluding hydrogens is 220 g/mol. The third kappa shape index (κ3) is 2.90. The minimum atomic E-state index is -0.585. The molecule has 0 aromatic heterocycles. The van der Waals surface area contributed by atoms with Crippen LogP contribution in [-0.4, -0.2) is 43.6 Å². The highest BCUT2D eigenvalue weighted by Gasteiger charge is 2.18. The maximum absolute atomic E-state index is 11.6. The first kappa shape index (κ1) is 12.9. The number of nitrogens with one attached hydrogen (secondary N) is 1. The van der Waals surface area contributed by atoms with Gasteiger partial charge in [-0.05, 0) is 12.1 Å². The van der Waals surface area contributed by atoms with Gasteiger partial charge in [-0.2, -0.15) is 0 Å². The molecule has 1 rings (SSSR count). The lowest BCUT2D eigenvalue weighted by Crippen LogP contribution is -2.29. The molecule has 0 aliphatic rings. The van der Waals surface area contributed by atoms with Crippen LogP contribution < -0.4 is 5.32 Å². The van der Waals surface area contributed by atoms with Gasteiger partial charge in [-0.3, -0.25) is 14.4 Å². The van der Waals surface area contributed by atoms with Crippen molar-refractivity contribution < 1.29 is 14.4 Å². The molecule has 0 aliphatic carbocycles. The summed E-state index contributed by atoms with van der Waals surface area (Å²) in [4.78, 5) is 35.5. The minimum Gasteiger partial charge on any atom is -0.355 e. The SMILES string of the molecule is CNC(=O)c1ccc(C(=O)C(=O)N(C)C)cc1. The van der Waals surface area contributed by atoms with Crippen LogP contribution in [0.2, 0.25) is 0 Å². The van der Waals surface area contributed by atoms with Gasteiger partial charge in [-0.25, -0.2) is 0 Å². The number of rotatable bonds is 3. The lowest BCUT2D eigenvalue weighted by molar-refractivity contribution is -0.124. The van der Waals surface area contributed by atoms with Crippen molar-refractivity contribution in [3.63, 3.8) is 0 Å². The lowest BCUT2D eigenvalue weighted by Gasteiger charge is -2.08. The van der Waals surface area contributed by atoms with Gasteiger partial charge in [-0.1, -0.05) is 12.1 Å². The van der Waals surface area contributed by atoms with Crippen LogP contribution >= 0.6 is 0 Å². The van der Waals surface area contributed by atoms with Crippen molar-refractivity contribution in [2.75, 3.05) is 21.1 Å². The zero-order chi connectivity index (χ0) is 13.0. The number of Topliss-reactive ketones (excluding diaryl/α,β-unsaturated/α-hetero) is 1. The summed E-state index contributed by atoms with van der Waals surface area (Å²) in [6.07, 6.45) is 0. The number of hydrogen-bond donors (Lipinski definition) is 1. The first-order chi connectivity index (χ1) is 7.97. The standard InChI is InChI=1S/C12H14N2O3/c1-13-11(16)9-6-4-8(5-7-9)10(15)12(17)14(2)3/h4-7H,1-3H3,(H,13,16). The summed E-state index contributed by atoms with van der Waals surface area (Å²) in [5.74, 6) is -1.40. The Morgan fingerprint density at radius 3 is 1.88 bits per heavy atom. The van der Waals surface area contributed by atoms with E-state index < -0.39 is 11.7 Å². The molecule has 5 nitrogen and oxygen atoms in total. The number of carbonyl (C=O) groups is 3. The van der Waals surface area contributed by atoms with E-state index >= 15 is 0 Å². The van der Waals surface area contributed by atoms with E-state index in [4.69, 9.17) is 0 Å². The van der Waals surface area contributed by atoms with Crippen LogP contribution in [-0.2, 0) is 4.79 Å². The summed E-state index contributed by atoms with van der Waals surface area (Å²) in [6, 6.07) is 5.95. The molecule has 1 aromatic rings. The van der Waals surface area contributed by atoms with Crippen molar-refractivity contribution in [1.82, 2.24) is 10.2 Å². The molecule has 0 saturated carbocycles. The Kier molecular flexibility index (Phi) is 3.98. The fraction of sp³-hybridized carbons (Fsp3) is 0.250. The van der Waals surface area contributed by atoms with Crippen LogP contribution in [0.5, 0.6) is 0 Å². The number of carbonyl (C=O) groups excluding carboxylic acids is 3. The second kappa shape index (κ2) is 5.25. The van der Waals surface area contributed by atoms with E-state index in [1.54, 1.807) is 0 Å². The molecule has 90 valence electrons. The topological polar surface area (TPSA) is 66.5 Å². The predicted molar refractivity (Wildman–Crippen MR) is 62.9 cm³/mol.